The van der Waals surface area contributed by atoms with Crippen LogP contribution in [-0.2, 0) is 15.0 Å². The van der Waals surface area contributed by atoms with Crippen LogP contribution < -0.4 is 5.32 Å². The number of carboxylic acids is 1. The van der Waals surface area contributed by atoms with Crippen molar-refractivity contribution < 1.29 is 19.1 Å². The van der Waals surface area contributed by atoms with Gasteiger partial charge in [0.15, 0.2) is 0 Å². The molecule has 1 amide bonds. The van der Waals surface area contributed by atoms with E-state index in [1.807, 2.05) is 19.9 Å². The minimum absolute atomic E-state index is 0.0293. The molecule has 1 aromatic rings. The van der Waals surface area contributed by atoms with Gasteiger partial charge < -0.3 is 10.4 Å². The van der Waals surface area contributed by atoms with Gasteiger partial charge in [-0.2, -0.15) is 0 Å². The lowest BCUT2D eigenvalue weighted by Crippen LogP contribution is -2.41. The van der Waals surface area contributed by atoms with E-state index in [-0.39, 0.29) is 29.0 Å². The molecule has 1 aliphatic rings. The van der Waals surface area contributed by atoms with E-state index in [0.29, 0.717) is 32.2 Å². The van der Waals surface area contributed by atoms with Gasteiger partial charge in [-0.1, -0.05) is 26.0 Å². The van der Waals surface area contributed by atoms with E-state index in [9.17, 15) is 14.0 Å². The molecule has 1 fully saturated rings. The van der Waals surface area contributed by atoms with Crippen molar-refractivity contribution in [2.45, 2.75) is 44.9 Å². The van der Waals surface area contributed by atoms with Crippen LogP contribution >= 0.6 is 0 Å². The number of hydrogen-bond donors (Lipinski definition) is 2. The van der Waals surface area contributed by atoms with Crippen LogP contribution in [0.25, 0.3) is 0 Å². The van der Waals surface area contributed by atoms with E-state index < -0.39 is 5.97 Å². The van der Waals surface area contributed by atoms with Gasteiger partial charge in [-0.05, 0) is 43.4 Å². The molecule has 5 heteroatoms. The number of rotatable bonds is 5. The van der Waals surface area contributed by atoms with Gasteiger partial charge in [-0.3, -0.25) is 9.59 Å². The molecule has 2 N–H and O–H groups in total. The number of carbonyl (C=O) groups is 2. The quantitative estimate of drug-likeness (QED) is 0.875. The van der Waals surface area contributed by atoms with Crippen molar-refractivity contribution in [3.63, 3.8) is 0 Å². The summed E-state index contributed by atoms with van der Waals surface area (Å²) in [5, 5.41) is 11.9. The van der Waals surface area contributed by atoms with Crippen LogP contribution in [0.1, 0.15) is 45.1 Å². The molecule has 0 spiro atoms. The molecule has 0 aliphatic heterocycles. The van der Waals surface area contributed by atoms with Crippen molar-refractivity contribution in [2.24, 2.45) is 11.8 Å². The van der Waals surface area contributed by atoms with Gasteiger partial charge in [0.05, 0.1) is 5.92 Å². The third-order valence-electron chi connectivity index (χ3n) is 4.76. The molecule has 0 radical (unpaired) electrons. The molecule has 4 nitrogen and oxygen atoms in total. The summed E-state index contributed by atoms with van der Waals surface area (Å²) in [6.45, 7) is 4.35. The number of aliphatic carboxylic acids is 1. The maximum absolute atomic E-state index is 13.4. The van der Waals surface area contributed by atoms with E-state index in [0.717, 1.165) is 5.56 Å². The fourth-order valence-electron chi connectivity index (χ4n) is 3.07. The van der Waals surface area contributed by atoms with Crippen molar-refractivity contribution in [1.29, 1.82) is 0 Å². The Hall–Kier alpha value is -1.91. The van der Waals surface area contributed by atoms with E-state index in [4.69, 9.17) is 5.11 Å². The number of carboxylic acid groups (broad SMARTS) is 1. The average molecular weight is 321 g/mol. The summed E-state index contributed by atoms with van der Waals surface area (Å²) in [5.41, 5.74) is 0.475. The summed E-state index contributed by atoms with van der Waals surface area (Å²) in [5.74, 6) is -1.51. The number of hydrogen-bond acceptors (Lipinski definition) is 2. The zero-order valence-corrected chi connectivity index (χ0v) is 13.6. The lowest BCUT2D eigenvalue weighted by Gasteiger charge is -2.29. The third kappa shape index (κ3) is 4.53. The smallest absolute Gasteiger partial charge is 0.306 e. The minimum atomic E-state index is -0.768. The first-order valence-corrected chi connectivity index (χ1v) is 8.06. The Morgan fingerprint density at radius 2 is 1.83 bits per heavy atom. The highest BCUT2D eigenvalue weighted by molar-refractivity contribution is 5.79. The molecule has 0 heterocycles. The highest BCUT2D eigenvalue weighted by Crippen LogP contribution is 2.29. The zero-order valence-electron chi connectivity index (χ0n) is 13.6. The van der Waals surface area contributed by atoms with Crippen LogP contribution in [0.5, 0.6) is 0 Å². The van der Waals surface area contributed by atoms with Crippen LogP contribution in [0, 0.1) is 17.7 Å². The molecular weight excluding hydrogens is 297 g/mol. The Kier molecular flexibility index (Phi) is 5.39. The molecule has 2 rings (SSSR count). The second kappa shape index (κ2) is 7.11. The molecule has 0 aromatic heterocycles. The van der Waals surface area contributed by atoms with Gasteiger partial charge in [0.25, 0.3) is 0 Å². The molecule has 1 aromatic carbocycles. The monoisotopic (exact) mass is 321 g/mol. The molecule has 1 aliphatic carbocycles. The largest absolute Gasteiger partial charge is 0.481 e. The fraction of sp³-hybridized carbons (Fsp3) is 0.556. The Balaban J connectivity index is 1.88. The second-order valence-electron chi connectivity index (χ2n) is 7.00. The molecule has 1 saturated carbocycles. The van der Waals surface area contributed by atoms with Crippen LogP contribution in [0.4, 0.5) is 4.39 Å². The Morgan fingerprint density at radius 1 is 1.22 bits per heavy atom. The second-order valence-corrected chi connectivity index (χ2v) is 7.00. The summed E-state index contributed by atoms with van der Waals surface area (Å²) in [6.07, 6.45) is 2.34. The van der Waals surface area contributed by atoms with Crippen LogP contribution in [0.15, 0.2) is 24.3 Å². The third-order valence-corrected chi connectivity index (χ3v) is 4.76. The molecule has 0 saturated heterocycles. The van der Waals surface area contributed by atoms with Gasteiger partial charge in [0, 0.05) is 17.9 Å². The van der Waals surface area contributed by atoms with E-state index >= 15 is 0 Å². The van der Waals surface area contributed by atoms with Crippen molar-refractivity contribution in [3.05, 3.63) is 35.6 Å². The van der Waals surface area contributed by atoms with Crippen molar-refractivity contribution in [2.75, 3.05) is 6.54 Å². The van der Waals surface area contributed by atoms with Crippen molar-refractivity contribution >= 4 is 11.9 Å². The van der Waals surface area contributed by atoms with E-state index in [1.165, 1.54) is 12.1 Å². The topological polar surface area (TPSA) is 66.4 Å². The summed E-state index contributed by atoms with van der Waals surface area (Å²) >= 11 is 0. The summed E-state index contributed by atoms with van der Waals surface area (Å²) in [6, 6.07) is 6.41. The normalized spacial score (nSPS) is 21.7. The summed E-state index contributed by atoms with van der Waals surface area (Å²) in [4.78, 5) is 23.2. The lowest BCUT2D eigenvalue weighted by atomic mass is 9.81. The van der Waals surface area contributed by atoms with Gasteiger partial charge in [-0.15, -0.1) is 0 Å². The molecule has 23 heavy (non-hydrogen) atoms. The van der Waals surface area contributed by atoms with E-state index in [1.54, 1.807) is 6.07 Å². The first-order chi connectivity index (χ1) is 10.8. The maximum Gasteiger partial charge on any atom is 0.306 e. The van der Waals surface area contributed by atoms with Gasteiger partial charge >= 0.3 is 5.97 Å². The first kappa shape index (κ1) is 17.4. The predicted molar refractivity (Wildman–Crippen MR) is 85.5 cm³/mol. The zero-order chi connectivity index (χ0) is 17.0. The number of nitrogens with one attached hydrogen (secondary N) is 1. The number of amides is 1. The molecule has 0 bridgehead atoms. The highest BCUT2D eigenvalue weighted by Gasteiger charge is 2.30. The predicted octanol–water partition coefficient (Wildman–Crippen LogP) is 3.11. The Bertz CT molecular complexity index is 577. The maximum atomic E-state index is 13.4. The molecule has 0 unspecified atom stereocenters. The fourth-order valence-corrected chi connectivity index (χ4v) is 3.07. The van der Waals surface area contributed by atoms with E-state index in [2.05, 4.69) is 5.32 Å². The number of carbonyl (C=O) groups excluding carboxylic acids is 1. The number of halogens is 1. The minimum Gasteiger partial charge on any atom is -0.481 e. The molecule has 0 atom stereocenters. The van der Waals surface area contributed by atoms with Crippen LogP contribution in [-0.4, -0.2) is 23.5 Å². The average Bonchev–Trinajstić information content (AvgIpc) is 2.53. The first-order valence-electron chi connectivity index (χ1n) is 8.06. The van der Waals surface area contributed by atoms with Crippen LogP contribution in [0.3, 0.4) is 0 Å². The van der Waals surface area contributed by atoms with Gasteiger partial charge in [0.2, 0.25) is 5.91 Å². The lowest BCUT2D eigenvalue weighted by molar-refractivity contribution is -0.144. The molecule has 126 valence electrons. The SMILES string of the molecule is CC(C)(CNC(=O)C1CCC(C(=O)O)CC1)c1cccc(F)c1. The molecular formula is C18H24FNO3. The van der Waals surface area contributed by atoms with Gasteiger partial charge in [-0.25, -0.2) is 4.39 Å². The van der Waals surface area contributed by atoms with Gasteiger partial charge in [0.1, 0.15) is 5.82 Å². The highest BCUT2D eigenvalue weighted by atomic mass is 19.1. The Labute approximate surface area is 136 Å². The van der Waals surface area contributed by atoms with Crippen LogP contribution in [0.2, 0.25) is 0 Å². The Morgan fingerprint density at radius 3 is 2.39 bits per heavy atom. The summed E-state index contributed by atoms with van der Waals surface area (Å²) < 4.78 is 13.4. The van der Waals surface area contributed by atoms with Crippen molar-refractivity contribution in [3.8, 4) is 0 Å². The number of benzene rings is 1. The summed E-state index contributed by atoms with van der Waals surface area (Å²) in [7, 11) is 0. The standard InChI is InChI=1S/C18H24FNO3/c1-18(2,14-4-3-5-15(19)10-14)11-20-16(21)12-6-8-13(9-7-12)17(22)23/h3-5,10,12-13H,6-9,11H2,1-2H3,(H,20,21)(H,22,23). The van der Waals surface area contributed by atoms with Crippen molar-refractivity contribution in [1.82, 2.24) is 5.32 Å².